The molecular weight excluding hydrogens is 270 g/mol. The average molecular weight is 289 g/mol. The van der Waals surface area contributed by atoms with Crippen LogP contribution in [0.4, 0.5) is 0 Å². The highest BCUT2D eigenvalue weighted by Gasteiger charge is 2.28. The molecule has 0 aromatic carbocycles. The second-order valence-corrected chi connectivity index (χ2v) is 6.21. The quantitative estimate of drug-likeness (QED) is 0.812. The molecule has 0 amide bonds. The van der Waals surface area contributed by atoms with Crippen LogP contribution in [0.3, 0.4) is 0 Å². The monoisotopic (exact) mass is 289 g/mol. The summed E-state index contributed by atoms with van der Waals surface area (Å²) in [4.78, 5) is 19.1. The van der Waals surface area contributed by atoms with Crippen LogP contribution in [-0.2, 0) is 13.6 Å². The molecule has 1 saturated heterocycles. The third-order valence-electron chi connectivity index (χ3n) is 3.90. The number of hydrogen-bond acceptors (Lipinski definition) is 4. The average Bonchev–Trinajstić information content (AvgIpc) is 3.10. The Bertz CT molecular complexity index is 576. The number of piperidine rings is 1. The molecule has 1 atom stereocenters. The first-order valence-electron chi connectivity index (χ1n) is 6.99. The van der Waals surface area contributed by atoms with Crippen molar-refractivity contribution in [3.8, 4) is 0 Å². The zero-order chi connectivity index (χ0) is 13.9. The summed E-state index contributed by atoms with van der Waals surface area (Å²) < 4.78 is 1.82. The lowest BCUT2D eigenvalue weighted by Crippen LogP contribution is -2.38. The minimum atomic E-state index is 0.0866. The molecule has 0 bridgehead atoms. The molecule has 0 radical (unpaired) electrons. The summed E-state index contributed by atoms with van der Waals surface area (Å²) in [6.45, 7) is 2.88. The fourth-order valence-corrected chi connectivity index (χ4v) is 3.50. The number of aromatic nitrogens is 2. The van der Waals surface area contributed by atoms with Gasteiger partial charge in [-0.15, -0.1) is 0 Å². The van der Waals surface area contributed by atoms with Crippen molar-refractivity contribution in [3.05, 3.63) is 40.6 Å². The van der Waals surface area contributed by atoms with E-state index in [0.29, 0.717) is 5.82 Å². The van der Waals surface area contributed by atoms with Crippen LogP contribution in [0, 0.1) is 5.92 Å². The van der Waals surface area contributed by atoms with Crippen molar-refractivity contribution in [3.63, 3.8) is 0 Å². The van der Waals surface area contributed by atoms with Gasteiger partial charge in [-0.1, -0.05) is 0 Å². The summed E-state index contributed by atoms with van der Waals surface area (Å²) in [7, 11) is 1.88. The smallest absolute Gasteiger partial charge is 0.202 e. The first kappa shape index (κ1) is 13.5. The Labute approximate surface area is 123 Å². The lowest BCUT2D eigenvalue weighted by atomic mass is 9.93. The Morgan fingerprint density at radius 1 is 1.55 bits per heavy atom. The molecule has 20 heavy (non-hydrogen) atoms. The van der Waals surface area contributed by atoms with E-state index < -0.39 is 0 Å². The Hall–Kier alpha value is -1.46. The number of Topliss-reactive ketones (excluding diaryl/α,β-unsaturated/α-hetero) is 1. The molecule has 1 unspecified atom stereocenters. The summed E-state index contributed by atoms with van der Waals surface area (Å²) in [5, 5.41) is 4.29. The zero-order valence-corrected chi connectivity index (χ0v) is 12.5. The number of hydrogen-bond donors (Lipinski definition) is 0. The van der Waals surface area contributed by atoms with Crippen molar-refractivity contribution in [2.45, 2.75) is 19.4 Å². The van der Waals surface area contributed by atoms with E-state index in [-0.39, 0.29) is 11.7 Å². The molecule has 0 saturated carbocycles. The molecule has 3 heterocycles. The summed E-state index contributed by atoms with van der Waals surface area (Å²) in [6, 6.07) is 2.16. The molecule has 5 heteroatoms. The molecule has 3 rings (SSSR count). The molecule has 1 aliphatic heterocycles. The predicted molar refractivity (Wildman–Crippen MR) is 79.9 cm³/mol. The van der Waals surface area contributed by atoms with Crippen molar-refractivity contribution < 1.29 is 4.79 Å². The fourth-order valence-electron chi connectivity index (χ4n) is 2.84. The Kier molecular flexibility index (Phi) is 3.98. The summed E-state index contributed by atoms with van der Waals surface area (Å²) >= 11 is 1.73. The number of ketones is 1. The Morgan fingerprint density at radius 2 is 2.45 bits per heavy atom. The van der Waals surface area contributed by atoms with Crippen LogP contribution >= 0.6 is 11.3 Å². The van der Waals surface area contributed by atoms with Crippen molar-refractivity contribution in [2.75, 3.05) is 13.1 Å². The SMILES string of the molecule is Cn1ccnc1C(=O)C1CCCN(Cc2ccsc2)C1. The van der Waals surface area contributed by atoms with E-state index >= 15 is 0 Å². The topological polar surface area (TPSA) is 38.1 Å². The molecule has 2 aromatic rings. The van der Waals surface area contributed by atoms with Crippen molar-refractivity contribution in [1.82, 2.24) is 14.5 Å². The van der Waals surface area contributed by atoms with Crippen LogP contribution in [0.25, 0.3) is 0 Å². The standard InChI is InChI=1S/C15H19N3OS/c1-17-7-5-16-15(17)14(19)13-3-2-6-18(10-13)9-12-4-8-20-11-12/h4-5,7-8,11,13H,2-3,6,9-10H2,1H3. The van der Waals surface area contributed by atoms with Crippen molar-refractivity contribution in [2.24, 2.45) is 13.0 Å². The summed E-state index contributed by atoms with van der Waals surface area (Å²) in [5.74, 6) is 0.864. The summed E-state index contributed by atoms with van der Waals surface area (Å²) in [6.07, 6.45) is 5.59. The molecule has 2 aromatic heterocycles. The maximum absolute atomic E-state index is 12.5. The van der Waals surface area contributed by atoms with Crippen LogP contribution < -0.4 is 0 Å². The number of likely N-dealkylation sites (tertiary alicyclic amines) is 1. The molecular formula is C15H19N3OS. The van der Waals surface area contributed by atoms with Crippen LogP contribution in [0.5, 0.6) is 0 Å². The Balaban J connectivity index is 1.66. The van der Waals surface area contributed by atoms with E-state index in [2.05, 4.69) is 26.7 Å². The number of rotatable bonds is 4. The molecule has 1 aliphatic rings. The van der Waals surface area contributed by atoms with Gasteiger partial charge in [0.05, 0.1) is 0 Å². The molecule has 4 nitrogen and oxygen atoms in total. The number of thiophene rings is 1. The van der Waals surface area contributed by atoms with E-state index in [1.165, 1.54) is 5.56 Å². The van der Waals surface area contributed by atoms with Gasteiger partial charge in [0.1, 0.15) is 0 Å². The molecule has 0 spiro atoms. The van der Waals surface area contributed by atoms with Crippen LogP contribution in [0.1, 0.15) is 29.0 Å². The van der Waals surface area contributed by atoms with Crippen LogP contribution in [0.2, 0.25) is 0 Å². The van der Waals surface area contributed by atoms with Crippen molar-refractivity contribution in [1.29, 1.82) is 0 Å². The highest BCUT2D eigenvalue weighted by Crippen LogP contribution is 2.22. The second-order valence-electron chi connectivity index (χ2n) is 5.43. The van der Waals surface area contributed by atoms with E-state index in [1.807, 2.05) is 17.8 Å². The molecule has 0 N–H and O–H groups in total. The van der Waals surface area contributed by atoms with E-state index in [4.69, 9.17) is 0 Å². The van der Waals surface area contributed by atoms with Crippen LogP contribution in [0.15, 0.2) is 29.2 Å². The minimum absolute atomic E-state index is 0.0866. The highest BCUT2D eigenvalue weighted by molar-refractivity contribution is 7.07. The van der Waals surface area contributed by atoms with Gasteiger partial charge < -0.3 is 4.57 Å². The maximum Gasteiger partial charge on any atom is 0.202 e. The first-order chi connectivity index (χ1) is 9.74. The number of nitrogens with zero attached hydrogens (tertiary/aromatic N) is 3. The summed E-state index contributed by atoms with van der Waals surface area (Å²) in [5.41, 5.74) is 1.35. The van der Waals surface area contributed by atoms with Crippen LogP contribution in [-0.4, -0.2) is 33.3 Å². The number of imidazole rings is 1. The lowest BCUT2D eigenvalue weighted by Gasteiger charge is -2.31. The van der Waals surface area contributed by atoms with Gasteiger partial charge >= 0.3 is 0 Å². The van der Waals surface area contributed by atoms with Gasteiger partial charge in [0.2, 0.25) is 5.78 Å². The van der Waals surface area contributed by atoms with Gasteiger partial charge in [0, 0.05) is 38.4 Å². The van der Waals surface area contributed by atoms with E-state index in [0.717, 1.165) is 32.5 Å². The first-order valence-corrected chi connectivity index (χ1v) is 7.93. The lowest BCUT2D eigenvalue weighted by molar-refractivity contribution is 0.0798. The van der Waals surface area contributed by atoms with Gasteiger partial charge in [-0.3, -0.25) is 9.69 Å². The highest BCUT2D eigenvalue weighted by atomic mass is 32.1. The van der Waals surface area contributed by atoms with Gasteiger partial charge in [0.15, 0.2) is 5.82 Å². The van der Waals surface area contributed by atoms with E-state index in [9.17, 15) is 4.79 Å². The third-order valence-corrected chi connectivity index (χ3v) is 4.64. The normalized spacial score (nSPS) is 20.1. The van der Waals surface area contributed by atoms with Gasteiger partial charge in [-0.2, -0.15) is 11.3 Å². The zero-order valence-electron chi connectivity index (χ0n) is 11.7. The maximum atomic E-state index is 12.5. The van der Waals surface area contributed by atoms with E-state index in [1.54, 1.807) is 17.5 Å². The minimum Gasteiger partial charge on any atom is -0.332 e. The van der Waals surface area contributed by atoms with Gasteiger partial charge in [0.25, 0.3) is 0 Å². The predicted octanol–water partition coefficient (Wildman–Crippen LogP) is 2.58. The largest absolute Gasteiger partial charge is 0.332 e. The third kappa shape index (κ3) is 2.83. The molecule has 1 fully saturated rings. The van der Waals surface area contributed by atoms with Crippen molar-refractivity contribution >= 4 is 17.1 Å². The van der Waals surface area contributed by atoms with Gasteiger partial charge in [-0.05, 0) is 41.8 Å². The fraction of sp³-hybridized carbons (Fsp3) is 0.467. The van der Waals surface area contributed by atoms with Gasteiger partial charge in [-0.25, -0.2) is 4.98 Å². The number of carbonyl (C=O) groups is 1. The number of aryl methyl sites for hydroxylation is 1. The number of carbonyl (C=O) groups excluding carboxylic acids is 1. The molecule has 106 valence electrons. The second kappa shape index (κ2) is 5.89. The Morgan fingerprint density at radius 3 is 3.15 bits per heavy atom. The molecule has 0 aliphatic carbocycles.